The summed E-state index contributed by atoms with van der Waals surface area (Å²) in [6.45, 7) is 3.64. The van der Waals surface area contributed by atoms with E-state index in [-0.39, 0.29) is 17.6 Å². The number of hydrogen-bond acceptors (Lipinski definition) is 5. The Morgan fingerprint density at radius 3 is 1.50 bits per heavy atom. The summed E-state index contributed by atoms with van der Waals surface area (Å²) in [4.78, 5) is 27.4. The molecule has 2 atom stereocenters. The van der Waals surface area contributed by atoms with Gasteiger partial charge in [-0.3, -0.25) is 9.59 Å². The molecule has 0 spiro atoms. The summed E-state index contributed by atoms with van der Waals surface area (Å²) in [5, 5.41) is 21.8. The number of phenols is 1. The zero-order chi connectivity index (χ0) is 23.8. The Morgan fingerprint density at radius 2 is 1.09 bits per heavy atom. The molecule has 0 fully saturated rings. The van der Waals surface area contributed by atoms with Crippen molar-refractivity contribution in [2.45, 2.75) is 19.8 Å². The number of carbonyl (C=O) groups is 2. The van der Waals surface area contributed by atoms with Gasteiger partial charge in [-0.2, -0.15) is 10.2 Å². The van der Waals surface area contributed by atoms with Gasteiger partial charge in [0.15, 0.2) is 0 Å². The van der Waals surface area contributed by atoms with Gasteiger partial charge < -0.3 is 5.11 Å². The van der Waals surface area contributed by atoms with E-state index < -0.39 is 17.8 Å². The van der Waals surface area contributed by atoms with E-state index in [0.717, 1.165) is 5.56 Å². The van der Waals surface area contributed by atoms with Gasteiger partial charge in [-0.15, -0.1) is 0 Å². The maximum atomic E-state index is 13.7. The van der Waals surface area contributed by atoms with Crippen molar-refractivity contribution in [2.75, 3.05) is 10.0 Å². The second-order valence-electron chi connectivity index (χ2n) is 8.53. The Morgan fingerprint density at radius 1 is 0.676 bits per heavy atom. The average molecular weight is 453 g/mol. The second kappa shape index (κ2) is 8.59. The summed E-state index contributed by atoms with van der Waals surface area (Å²) < 4.78 is 0. The fourth-order valence-corrected chi connectivity index (χ4v) is 4.77. The summed E-state index contributed by atoms with van der Waals surface area (Å²) in [5.41, 5.74) is 3.38. The van der Waals surface area contributed by atoms with Crippen LogP contribution in [0.15, 0.2) is 95.1 Å². The quantitative estimate of drug-likeness (QED) is 0.616. The van der Waals surface area contributed by atoms with Crippen LogP contribution in [0.5, 0.6) is 5.75 Å². The van der Waals surface area contributed by atoms with Crippen LogP contribution in [0.2, 0.25) is 0 Å². The number of amides is 2. The van der Waals surface area contributed by atoms with Crippen LogP contribution in [0, 0.1) is 11.8 Å². The molecule has 0 saturated heterocycles. The van der Waals surface area contributed by atoms with Gasteiger partial charge in [-0.1, -0.05) is 48.5 Å². The molecule has 2 aliphatic heterocycles. The van der Waals surface area contributed by atoms with E-state index in [0.29, 0.717) is 22.8 Å². The summed E-state index contributed by atoms with van der Waals surface area (Å²) in [5.74, 6) is -2.11. The first-order valence-corrected chi connectivity index (χ1v) is 11.1. The third-order valence-electron chi connectivity index (χ3n) is 6.36. The molecule has 0 aromatic heterocycles. The molecule has 2 heterocycles. The summed E-state index contributed by atoms with van der Waals surface area (Å²) >= 11 is 0. The molecule has 5 rings (SSSR count). The first kappa shape index (κ1) is 21.6. The van der Waals surface area contributed by atoms with E-state index in [9.17, 15) is 14.7 Å². The molecule has 3 aromatic carbocycles. The van der Waals surface area contributed by atoms with Crippen molar-refractivity contribution < 1.29 is 14.7 Å². The number of aromatic hydroxyl groups is 1. The smallest absolute Gasteiger partial charge is 0.256 e. The molecule has 7 nitrogen and oxygen atoms in total. The third kappa shape index (κ3) is 3.65. The first-order chi connectivity index (χ1) is 16.5. The van der Waals surface area contributed by atoms with Crippen LogP contribution in [0.4, 0.5) is 11.4 Å². The van der Waals surface area contributed by atoms with Crippen LogP contribution in [0.1, 0.15) is 25.3 Å². The summed E-state index contributed by atoms with van der Waals surface area (Å²) in [7, 11) is 0. The SMILES string of the molecule is CC1=NN(c2ccccc2)C(=O)[C@@H]1C(c1ccc(O)cc1)[C@H]1C(=O)N(c2ccccc2)N=C1C. The number of phenolic OH excluding ortho intramolecular Hbond substituents is 1. The standard InChI is InChI=1S/C27H24N4O3/c1-17-23(26(33)30(28-17)20-9-5-3-6-10-20)25(19-13-15-22(32)16-14-19)24-18(2)29-31(27(24)34)21-11-7-4-8-12-21/h3-16,23-25,32H,1-2H3/t23-,24-/m0/s1. The lowest BCUT2D eigenvalue weighted by atomic mass is 9.73. The second-order valence-corrected chi connectivity index (χ2v) is 8.53. The number of carbonyl (C=O) groups excluding carboxylic acids is 2. The molecule has 3 aromatic rings. The molecule has 170 valence electrons. The van der Waals surface area contributed by atoms with Crippen LogP contribution in [0.3, 0.4) is 0 Å². The molecule has 2 amide bonds. The van der Waals surface area contributed by atoms with E-state index in [1.165, 1.54) is 10.0 Å². The van der Waals surface area contributed by atoms with E-state index in [1.807, 2.05) is 74.5 Å². The van der Waals surface area contributed by atoms with Crippen molar-refractivity contribution in [1.29, 1.82) is 0 Å². The zero-order valence-electron chi connectivity index (χ0n) is 18.9. The minimum Gasteiger partial charge on any atom is -0.508 e. The molecular formula is C27H24N4O3. The predicted octanol–water partition coefficient (Wildman–Crippen LogP) is 4.55. The van der Waals surface area contributed by atoms with Gasteiger partial charge in [-0.05, 0) is 55.8 Å². The minimum atomic E-state index is -0.653. The normalized spacial score (nSPS) is 20.2. The maximum absolute atomic E-state index is 13.7. The van der Waals surface area contributed by atoms with Gasteiger partial charge in [0.2, 0.25) is 0 Å². The highest BCUT2D eigenvalue weighted by Crippen LogP contribution is 2.42. The number of hydrogen-bond donors (Lipinski definition) is 1. The fraction of sp³-hybridized carbons (Fsp3) is 0.185. The van der Waals surface area contributed by atoms with Crippen molar-refractivity contribution in [3.05, 3.63) is 90.5 Å². The topological polar surface area (TPSA) is 85.6 Å². The molecular weight excluding hydrogens is 428 g/mol. The van der Waals surface area contributed by atoms with Crippen molar-refractivity contribution in [1.82, 2.24) is 0 Å². The van der Waals surface area contributed by atoms with Crippen LogP contribution >= 0.6 is 0 Å². The molecule has 1 N–H and O–H groups in total. The third-order valence-corrected chi connectivity index (χ3v) is 6.36. The maximum Gasteiger partial charge on any atom is 0.256 e. The lowest BCUT2D eigenvalue weighted by Crippen LogP contribution is -2.40. The number of rotatable bonds is 5. The van der Waals surface area contributed by atoms with Crippen LogP contribution in [-0.4, -0.2) is 28.3 Å². The summed E-state index contributed by atoms with van der Waals surface area (Å²) in [6.07, 6.45) is 0. The lowest BCUT2D eigenvalue weighted by molar-refractivity contribution is -0.122. The Hall–Kier alpha value is -4.26. The van der Waals surface area contributed by atoms with Crippen LogP contribution in [-0.2, 0) is 9.59 Å². The Balaban J connectivity index is 1.57. The average Bonchev–Trinajstić information content (AvgIpc) is 3.32. The molecule has 0 bridgehead atoms. The molecule has 0 radical (unpaired) electrons. The fourth-order valence-electron chi connectivity index (χ4n) is 4.77. The van der Waals surface area contributed by atoms with E-state index in [4.69, 9.17) is 0 Å². The number of hydrazone groups is 2. The van der Waals surface area contributed by atoms with Crippen molar-refractivity contribution in [3.8, 4) is 5.75 Å². The van der Waals surface area contributed by atoms with Gasteiger partial charge in [0.05, 0.1) is 23.2 Å². The van der Waals surface area contributed by atoms with E-state index >= 15 is 0 Å². The van der Waals surface area contributed by atoms with Crippen molar-refractivity contribution >= 4 is 34.6 Å². The van der Waals surface area contributed by atoms with E-state index in [1.54, 1.807) is 24.3 Å². The molecule has 0 saturated carbocycles. The zero-order valence-corrected chi connectivity index (χ0v) is 18.9. The van der Waals surface area contributed by atoms with Crippen molar-refractivity contribution in [3.63, 3.8) is 0 Å². The minimum absolute atomic E-state index is 0.116. The lowest BCUT2D eigenvalue weighted by Gasteiger charge is -2.28. The van der Waals surface area contributed by atoms with Crippen LogP contribution in [0.25, 0.3) is 0 Å². The van der Waals surface area contributed by atoms with Gasteiger partial charge in [0.1, 0.15) is 5.75 Å². The molecule has 2 aliphatic rings. The molecule has 34 heavy (non-hydrogen) atoms. The Kier molecular flexibility index (Phi) is 5.45. The van der Waals surface area contributed by atoms with Gasteiger partial charge in [-0.25, -0.2) is 10.0 Å². The number of nitrogens with zero attached hydrogens (tertiary/aromatic N) is 4. The predicted molar refractivity (Wildman–Crippen MR) is 132 cm³/mol. The van der Waals surface area contributed by atoms with Crippen LogP contribution < -0.4 is 10.0 Å². The highest BCUT2D eigenvalue weighted by molar-refractivity contribution is 6.19. The highest BCUT2D eigenvalue weighted by Gasteiger charge is 2.50. The largest absolute Gasteiger partial charge is 0.508 e. The molecule has 0 aliphatic carbocycles. The number of para-hydroxylation sites is 2. The highest BCUT2D eigenvalue weighted by atomic mass is 16.3. The van der Waals surface area contributed by atoms with Gasteiger partial charge >= 0.3 is 0 Å². The van der Waals surface area contributed by atoms with Gasteiger partial charge in [0, 0.05) is 17.3 Å². The number of anilines is 2. The molecule has 0 unspecified atom stereocenters. The first-order valence-electron chi connectivity index (χ1n) is 11.1. The van der Waals surface area contributed by atoms with Crippen molar-refractivity contribution in [2.24, 2.45) is 22.0 Å². The summed E-state index contributed by atoms with van der Waals surface area (Å²) in [6, 6.07) is 25.2. The Labute approximate surface area is 197 Å². The monoisotopic (exact) mass is 452 g/mol. The Bertz CT molecular complexity index is 1210. The molecule has 7 heteroatoms. The van der Waals surface area contributed by atoms with Gasteiger partial charge in [0.25, 0.3) is 11.8 Å². The van der Waals surface area contributed by atoms with E-state index in [2.05, 4.69) is 10.2 Å². The number of benzene rings is 3.